The van der Waals surface area contributed by atoms with Gasteiger partial charge in [0.05, 0.1) is 16.8 Å². The molecule has 6 nitrogen and oxygen atoms in total. The number of sulfone groups is 1. The maximum atomic E-state index is 12.9. The first kappa shape index (κ1) is 20.1. The van der Waals surface area contributed by atoms with Crippen LogP contribution < -0.4 is 4.90 Å². The maximum Gasteiger partial charge on any atom is 0.341 e. The molecule has 142 valence electrons. The summed E-state index contributed by atoms with van der Waals surface area (Å²) in [6.07, 6.45) is 2.17. The Kier molecular flexibility index (Phi) is 6.05. The van der Waals surface area contributed by atoms with Crippen molar-refractivity contribution in [1.82, 2.24) is 4.31 Å². The van der Waals surface area contributed by atoms with Crippen LogP contribution in [0.3, 0.4) is 0 Å². The fourth-order valence-electron chi connectivity index (χ4n) is 3.21. The third kappa shape index (κ3) is 4.29. The van der Waals surface area contributed by atoms with E-state index in [1.54, 1.807) is 17.9 Å². The van der Waals surface area contributed by atoms with Gasteiger partial charge in [0.2, 0.25) is 19.9 Å². The lowest BCUT2D eigenvalue weighted by Gasteiger charge is -2.38. The number of para-hydroxylation sites is 1. The van der Waals surface area contributed by atoms with E-state index in [1.165, 1.54) is 22.5 Å². The minimum absolute atomic E-state index is 0.171. The van der Waals surface area contributed by atoms with Crippen molar-refractivity contribution in [1.29, 1.82) is 0 Å². The summed E-state index contributed by atoms with van der Waals surface area (Å²) in [5.74, 6) is -3.48. The fourth-order valence-corrected chi connectivity index (χ4v) is 5.38. The quantitative estimate of drug-likeness (QED) is 0.735. The molecule has 1 saturated heterocycles. The van der Waals surface area contributed by atoms with Gasteiger partial charge in [-0.2, -0.15) is 13.1 Å². The highest BCUT2D eigenvalue weighted by Crippen LogP contribution is 2.31. The highest BCUT2D eigenvalue weighted by molar-refractivity contribution is 7.91. The molecule has 1 heterocycles. The van der Waals surface area contributed by atoms with Crippen LogP contribution in [-0.4, -0.2) is 58.8 Å². The Morgan fingerprint density at radius 3 is 2.20 bits per heavy atom. The third-order valence-electron chi connectivity index (χ3n) is 4.36. The van der Waals surface area contributed by atoms with E-state index in [2.05, 4.69) is 0 Å². The zero-order valence-electron chi connectivity index (χ0n) is 14.1. The lowest BCUT2D eigenvalue weighted by atomic mass is 10.0. The molecule has 0 saturated carbocycles. The molecule has 0 atom stereocenters. The second kappa shape index (κ2) is 7.55. The molecule has 0 aliphatic carbocycles. The van der Waals surface area contributed by atoms with Gasteiger partial charge in [-0.15, -0.1) is 0 Å². The first-order valence-corrected chi connectivity index (χ1v) is 11.3. The average Bonchev–Trinajstić information content (AvgIpc) is 2.54. The van der Waals surface area contributed by atoms with E-state index in [1.807, 2.05) is 0 Å². The van der Waals surface area contributed by atoms with Gasteiger partial charge in [-0.1, -0.05) is 19.1 Å². The third-order valence-corrected chi connectivity index (χ3v) is 7.19. The number of benzene rings is 1. The van der Waals surface area contributed by atoms with Crippen molar-refractivity contribution in [2.24, 2.45) is 0 Å². The highest BCUT2D eigenvalue weighted by atomic mass is 32.2. The molecule has 0 spiro atoms. The number of nitrogens with zero attached hydrogens (tertiary/aromatic N) is 2. The topological polar surface area (TPSA) is 74.8 Å². The van der Waals surface area contributed by atoms with E-state index in [-0.39, 0.29) is 16.6 Å². The molecule has 0 N–H and O–H groups in total. The lowest BCUT2D eigenvalue weighted by Crippen LogP contribution is -2.47. The predicted molar refractivity (Wildman–Crippen MR) is 92.1 cm³/mol. The van der Waals surface area contributed by atoms with E-state index in [9.17, 15) is 25.6 Å². The molecule has 1 aliphatic rings. The molecule has 0 radical (unpaired) electrons. The van der Waals surface area contributed by atoms with E-state index >= 15 is 0 Å². The van der Waals surface area contributed by atoms with Crippen LogP contribution >= 0.6 is 0 Å². The van der Waals surface area contributed by atoms with Gasteiger partial charge in [-0.05, 0) is 25.0 Å². The summed E-state index contributed by atoms with van der Waals surface area (Å²) < 4.78 is 74.7. The summed E-state index contributed by atoms with van der Waals surface area (Å²) in [7, 11) is -8.02. The number of alkyl halides is 2. The van der Waals surface area contributed by atoms with Gasteiger partial charge in [-0.25, -0.2) is 16.8 Å². The van der Waals surface area contributed by atoms with Crippen LogP contribution in [0.4, 0.5) is 14.5 Å². The van der Waals surface area contributed by atoms with Crippen molar-refractivity contribution < 1.29 is 25.6 Å². The summed E-state index contributed by atoms with van der Waals surface area (Å²) in [5.41, 5.74) is 0.239. The number of anilines is 1. The van der Waals surface area contributed by atoms with Crippen molar-refractivity contribution in [2.45, 2.75) is 36.5 Å². The number of rotatable bonds is 6. The van der Waals surface area contributed by atoms with Crippen molar-refractivity contribution in [3.05, 3.63) is 24.3 Å². The average molecular weight is 396 g/mol. The SMILES string of the molecule is CCN(C1CCN(c2ccccc2S(=O)(=O)C(F)F)CC1)S(C)(=O)=O. The maximum absolute atomic E-state index is 12.9. The van der Waals surface area contributed by atoms with Gasteiger partial charge in [0.25, 0.3) is 0 Å². The Morgan fingerprint density at radius 2 is 1.72 bits per heavy atom. The minimum Gasteiger partial charge on any atom is -0.370 e. The molecule has 0 amide bonds. The second-order valence-corrected chi connectivity index (χ2v) is 9.78. The molecule has 0 aromatic heterocycles. The van der Waals surface area contributed by atoms with Crippen molar-refractivity contribution in [2.75, 3.05) is 30.8 Å². The number of halogens is 2. The summed E-state index contributed by atoms with van der Waals surface area (Å²) in [5, 5.41) is 0. The molecule has 0 unspecified atom stereocenters. The van der Waals surface area contributed by atoms with Crippen molar-refractivity contribution in [3.8, 4) is 0 Å². The van der Waals surface area contributed by atoms with Gasteiger partial charge in [0.1, 0.15) is 0 Å². The largest absolute Gasteiger partial charge is 0.370 e. The second-order valence-electron chi connectivity index (χ2n) is 5.96. The molecule has 10 heteroatoms. The molecular formula is C15H22F2N2O4S2. The van der Waals surface area contributed by atoms with Gasteiger partial charge >= 0.3 is 5.76 Å². The van der Waals surface area contributed by atoms with Crippen molar-refractivity contribution >= 4 is 25.5 Å². The molecule has 1 aromatic carbocycles. The van der Waals surface area contributed by atoms with Crippen LogP contribution in [0.1, 0.15) is 19.8 Å². The standard InChI is InChI=1S/C15H22F2N2O4S2/c1-3-19(24(2,20)21)12-8-10-18(11-9-12)13-6-4-5-7-14(13)25(22,23)15(16)17/h4-7,12,15H,3,8-11H2,1-2H3. The van der Waals surface area contributed by atoms with Crippen LogP contribution in [0.15, 0.2) is 29.2 Å². The van der Waals surface area contributed by atoms with E-state index in [0.29, 0.717) is 32.5 Å². The number of sulfonamides is 1. The Morgan fingerprint density at radius 1 is 1.16 bits per heavy atom. The molecule has 1 fully saturated rings. The normalized spacial score (nSPS) is 17.4. The zero-order valence-corrected chi connectivity index (χ0v) is 15.7. The van der Waals surface area contributed by atoms with Crippen LogP contribution in [0.2, 0.25) is 0 Å². The molecule has 1 aliphatic heterocycles. The van der Waals surface area contributed by atoms with Crippen LogP contribution in [0.5, 0.6) is 0 Å². The van der Waals surface area contributed by atoms with Crippen LogP contribution in [0.25, 0.3) is 0 Å². The Labute approximate surface area is 147 Å². The number of hydrogen-bond donors (Lipinski definition) is 0. The smallest absolute Gasteiger partial charge is 0.341 e. The lowest BCUT2D eigenvalue weighted by molar-refractivity contribution is 0.234. The fraction of sp³-hybridized carbons (Fsp3) is 0.600. The molecule has 25 heavy (non-hydrogen) atoms. The Balaban J connectivity index is 2.23. The molecular weight excluding hydrogens is 374 g/mol. The Hall–Kier alpha value is -1.26. The molecule has 0 bridgehead atoms. The van der Waals surface area contributed by atoms with Crippen LogP contribution in [-0.2, 0) is 19.9 Å². The minimum atomic E-state index is -4.70. The van der Waals surface area contributed by atoms with Crippen molar-refractivity contribution in [3.63, 3.8) is 0 Å². The zero-order chi connectivity index (χ0) is 18.8. The highest BCUT2D eigenvalue weighted by Gasteiger charge is 2.33. The van der Waals surface area contributed by atoms with Gasteiger partial charge in [0.15, 0.2) is 0 Å². The summed E-state index contributed by atoms with van der Waals surface area (Å²) in [4.78, 5) is 1.33. The summed E-state index contributed by atoms with van der Waals surface area (Å²) in [6.45, 7) is 2.91. The van der Waals surface area contributed by atoms with E-state index < -0.39 is 25.6 Å². The Bertz CT molecular complexity index is 805. The first-order chi connectivity index (χ1) is 11.6. The van der Waals surface area contributed by atoms with E-state index in [4.69, 9.17) is 0 Å². The predicted octanol–water partition coefficient (Wildman–Crippen LogP) is 1.93. The van der Waals surface area contributed by atoms with Gasteiger partial charge in [0, 0.05) is 25.7 Å². The summed E-state index contributed by atoms with van der Waals surface area (Å²) in [6, 6.07) is 5.52. The number of piperidine rings is 1. The van der Waals surface area contributed by atoms with Gasteiger partial charge < -0.3 is 4.90 Å². The molecule has 2 rings (SSSR count). The molecule has 1 aromatic rings. The van der Waals surface area contributed by atoms with E-state index in [0.717, 1.165) is 6.26 Å². The summed E-state index contributed by atoms with van der Waals surface area (Å²) >= 11 is 0. The first-order valence-electron chi connectivity index (χ1n) is 7.92. The van der Waals surface area contributed by atoms with Gasteiger partial charge in [-0.3, -0.25) is 0 Å². The number of hydrogen-bond acceptors (Lipinski definition) is 5. The monoisotopic (exact) mass is 396 g/mol. The van der Waals surface area contributed by atoms with Crippen LogP contribution in [0, 0.1) is 0 Å².